The second-order valence-electron chi connectivity index (χ2n) is 10.8. The number of hydrogen-bond donors (Lipinski definition) is 0. The molecule has 3 rings (SSSR count). The van der Waals surface area contributed by atoms with E-state index < -0.39 is 35.5 Å². The number of rotatable bonds is 9. The lowest BCUT2D eigenvalue weighted by Crippen LogP contribution is -2.54. The normalized spacial score (nSPS) is 19.3. The molecule has 2 atom stereocenters. The summed E-state index contributed by atoms with van der Waals surface area (Å²) < 4.78 is 10.3. The highest BCUT2D eigenvalue weighted by Gasteiger charge is 2.43. The number of Topliss-reactive ketones (excluding diaryl/α,β-unsaturated/α-hetero) is 1. The smallest absolute Gasteiger partial charge is 0.325 e. The van der Waals surface area contributed by atoms with E-state index in [-0.39, 0.29) is 38.0 Å². The molecule has 0 aliphatic carbocycles. The molecule has 0 aromatic heterocycles. The number of ketones is 1. The molecule has 1 aromatic rings. The van der Waals surface area contributed by atoms with Crippen LogP contribution in [-0.2, 0) is 35.2 Å². The first-order valence-electron chi connectivity index (χ1n) is 13.3. The number of carbonyl (C=O) groups excluding carboxylic acids is 5. The van der Waals surface area contributed by atoms with Gasteiger partial charge in [-0.3, -0.25) is 19.2 Å². The highest BCUT2D eigenvalue weighted by atomic mass is 16.5. The van der Waals surface area contributed by atoms with Crippen molar-refractivity contribution in [3.63, 3.8) is 0 Å². The predicted molar refractivity (Wildman–Crippen MR) is 139 cm³/mol. The summed E-state index contributed by atoms with van der Waals surface area (Å²) in [7, 11) is 0. The summed E-state index contributed by atoms with van der Waals surface area (Å²) in [5.41, 5.74) is 0.118. The summed E-state index contributed by atoms with van der Waals surface area (Å²) in [4.78, 5) is 69.0. The minimum Gasteiger partial charge on any atom is -0.465 e. The van der Waals surface area contributed by atoms with Crippen molar-refractivity contribution in [3.05, 3.63) is 35.9 Å². The molecule has 2 saturated heterocycles. The third-order valence-corrected chi connectivity index (χ3v) is 6.76. The van der Waals surface area contributed by atoms with Crippen molar-refractivity contribution >= 4 is 29.7 Å². The number of nitrogens with zero attached hydrogens (tertiary/aromatic N) is 3. The van der Waals surface area contributed by atoms with Crippen LogP contribution in [0.25, 0.3) is 0 Å². The first kappa shape index (κ1) is 29.1. The van der Waals surface area contributed by atoms with Gasteiger partial charge in [0.1, 0.15) is 12.6 Å². The van der Waals surface area contributed by atoms with E-state index >= 15 is 0 Å². The summed E-state index contributed by atoms with van der Waals surface area (Å²) >= 11 is 0. The molecule has 10 nitrogen and oxygen atoms in total. The maximum Gasteiger partial charge on any atom is 0.325 e. The van der Waals surface area contributed by atoms with Crippen LogP contribution < -0.4 is 0 Å². The Balaban J connectivity index is 1.71. The summed E-state index contributed by atoms with van der Waals surface area (Å²) in [6, 6.07) is 7.48. The Morgan fingerprint density at radius 1 is 0.921 bits per heavy atom. The van der Waals surface area contributed by atoms with E-state index in [0.29, 0.717) is 38.8 Å². The van der Waals surface area contributed by atoms with E-state index in [1.165, 1.54) is 14.7 Å². The van der Waals surface area contributed by atoms with Gasteiger partial charge < -0.3 is 24.2 Å². The number of ether oxygens (including phenoxy) is 2. The molecule has 2 aliphatic heterocycles. The van der Waals surface area contributed by atoms with E-state index in [9.17, 15) is 24.0 Å². The van der Waals surface area contributed by atoms with E-state index in [2.05, 4.69) is 0 Å². The van der Waals surface area contributed by atoms with Gasteiger partial charge in [-0.25, -0.2) is 4.79 Å². The SMILES string of the molecule is CCOC(=O)CN(Cc1ccccc1)C(=O)N1CCCC1C(=O)N1CCCC1C(=O)COC(=O)C(C)(C)C. The quantitative estimate of drug-likeness (QED) is 0.452. The molecular weight excluding hydrogens is 490 g/mol. The largest absolute Gasteiger partial charge is 0.465 e. The lowest BCUT2D eigenvalue weighted by Gasteiger charge is -2.34. The molecule has 0 radical (unpaired) electrons. The van der Waals surface area contributed by atoms with Crippen LogP contribution in [0.4, 0.5) is 4.79 Å². The van der Waals surface area contributed by atoms with Crippen LogP contribution in [0.3, 0.4) is 0 Å². The van der Waals surface area contributed by atoms with Gasteiger partial charge >= 0.3 is 18.0 Å². The molecular formula is C28H39N3O7. The molecule has 0 saturated carbocycles. The number of benzene rings is 1. The van der Waals surface area contributed by atoms with Crippen molar-refractivity contribution in [1.29, 1.82) is 0 Å². The van der Waals surface area contributed by atoms with Gasteiger partial charge in [0.05, 0.1) is 18.1 Å². The van der Waals surface area contributed by atoms with Crippen molar-refractivity contribution < 1.29 is 33.4 Å². The van der Waals surface area contributed by atoms with E-state index in [4.69, 9.17) is 9.47 Å². The van der Waals surface area contributed by atoms with Crippen molar-refractivity contribution in [2.45, 2.75) is 72.0 Å². The van der Waals surface area contributed by atoms with Crippen LogP contribution in [0.1, 0.15) is 58.9 Å². The second kappa shape index (κ2) is 12.9. The predicted octanol–water partition coefficient (Wildman–Crippen LogP) is 2.79. The van der Waals surface area contributed by atoms with Crippen molar-refractivity contribution in [1.82, 2.24) is 14.7 Å². The molecule has 0 N–H and O–H groups in total. The zero-order valence-corrected chi connectivity index (χ0v) is 22.8. The maximum atomic E-state index is 13.7. The molecule has 1 aromatic carbocycles. The average Bonchev–Trinajstić information content (AvgIpc) is 3.56. The Morgan fingerprint density at radius 3 is 2.18 bits per heavy atom. The lowest BCUT2D eigenvalue weighted by molar-refractivity contribution is -0.157. The van der Waals surface area contributed by atoms with Gasteiger partial charge in [0, 0.05) is 19.6 Å². The summed E-state index contributed by atoms with van der Waals surface area (Å²) in [5.74, 6) is -1.61. The van der Waals surface area contributed by atoms with E-state index in [1.807, 2.05) is 30.3 Å². The van der Waals surface area contributed by atoms with Crippen LogP contribution in [0, 0.1) is 5.41 Å². The van der Waals surface area contributed by atoms with Crippen molar-refractivity contribution in [2.75, 3.05) is 32.8 Å². The number of urea groups is 1. The third kappa shape index (κ3) is 7.33. The van der Waals surface area contributed by atoms with E-state index in [1.54, 1.807) is 27.7 Å². The Labute approximate surface area is 224 Å². The molecule has 38 heavy (non-hydrogen) atoms. The fraction of sp³-hybridized carbons (Fsp3) is 0.607. The lowest BCUT2D eigenvalue weighted by atomic mass is 9.97. The van der Waals surface area contributed by atoms with Gasteiger partial charge in [-0.1, -0.05) is 30.3 Å². The Morgan fingerprint density at radius 2 is 1.55 bits per heavy atom. The Kier molecular flexibility index (Phi) is 9.88. The topological polar surface area (TPSA) is 114 Å². The van der Waals surface area contributed by atoms with Crippen LogP contribution in [0.2, 0.25) is 0 Å². The fourth-order valence-electron chi connectivity index (χ4n) is 4.80. The zero-order valence-electron chi connectivity index (χ0n) is 22.8. The van der Waals surface area contributed by atoms with Crippen molar-refractivity contribution in [2.24, 2.45) is 5.41 Å². The number of likely N-dealkylation sites (tertiary alicyclic amines) is 2. The molecule has 208 valence electrons. The van der Waals surface area contributed by atoms with Crippen LogP contribution >= 0.6 is 0 Å². The number of amides is 3. The molecule has 0 spiro atoms. The van der Waals surface area contributed by atoms with Gasteiger partial charge in [-0.05, 0) is 58.9 Å². The molecule has 3 amide bonds. The first-order valence-corrected chi connectivity index (χ1v) is 13.3. The zero-order chi connectivity index (χ0) is 27.9. The highest BCUT2D eigenvalue weighted by Crippen LogP contribution is 2.27. The molecule has 2 fully saturated rings. The second-order valence-corrected chi connectivity index (χ2v) is 10.8. The van der Waals surface area contributed by atoms with Crippen molar-refractivity contribution in [3.8, 4) is 0 Å². The van der Waals surface area contributed by atoms with Gasteiger partial charge in [0.2, 0.25) is 5.91 Å². The van der Waals surface area contributed by atoms with Gasteiger partial charge in [0.15, 0.2) is 12.4 Å². The third-order valence-electron chi connectivity index (χ3n) is 6.76. The maximum absolute atomic E-state index is 13.7. The minimum atomic E-state index is -0.731. The molecule has 0 bridgehead atoms. The fourth-order valence-corrected chi connectivity index (χ4v) is 4.80. The Hall–Kier alpha value is -3.43. The molecule has 2 unspecified atom stereocenters. The summed E-state index contributed by atoms with van der Waals surface area (Å²) in [6.45, 7) is 7.38. The number of carbonyl (C=O) groups is 5. The Bertz CT molecular complexity index is 1020. The summed E-state index contributed by atoms with van der Waals surface area (Å²) in [6.07, 6.45) is 2.25. The van der Waals surface area contributed by atoms with Crippen LogP contribution in [0.5, 0.6) is 0 Å². The summed E-state index contributed by atoms with van der Waals surface area (Å²) in [5, 5.41) is 0. The monoisotopic (exact) mass is 529 g/mol. The molecule has 2 heterocycles. The molecule has 10 heteroatoms. The van der Waals surface area contributed by atoms with Gasteiger partial charge in [-0.15, -0.1) is 0 Å². The average molecular weight is 530 g/mol. The molecule has 2 aliphatic rings. The standard InChI is InChI=1S/C28H39N3O7/c1-5-37-24(33)18-29(17-20-11-7-6-8-12-20)27(36)31-16-10-14-22(31)25(34)30-15-9-13-21(30)23(32)19-38-26(35)28(2,3)4/h6-8,11-12,21-22H,5,9-10,13-19H2,1-4H3. The minimum absolute atomic E-state index is 0.194. The van der Waals surface area contributed by atoms with Gasteiger partial charge in [0.25, 0.3) is 0 Å². The number of hydrogen-bond acceptors (Lipinski definition) is 7. The van der Waals surface area contributed by atoms with Gasteiger partial charge in [-0.2, -0.15) is 0 Å². The van der Waals surface area contributed by atoms with Crippen LogP contribution in [-0.4, -0.2) is 89.3 Å². The highest BCUT2D eigenvalue weighted by molar-refractivity contribution is 5.95. The first-order chi connectivity index (χ1) is 18.0. The number of esters is 2. The van der Waals surface area contributed by atoms with Crippen LogP contribution in [0.15, 0.2) is 30.3 Å². The van der Waals surface area contributed by atoms with E-state index in [0.717, 1.165) is 5.56 Å².